The SMILES string of the molecule is CC[C@H](C)c1ccccc1NC(=S)NC(=O)c1cc(OC)c(OC)c(OC)c1. The summed E-state index contributed by atoms with van der Waals surface area (Å²) in [7, 11) is 4.50. The zero-order valence-corrected chi connectivity index (χ0v) is 17.6. The molecule has 0 bridgehead atoms. The molecule has 0 saturated heterocycles. The molecule has 2 aromatic rings. The summed E-state index contributed by atoms with van der Waals surface area (Å²) in [5, 5.41) is 6.03. The van der Waals surface area contributed by atoms with E-state index in [9.17, 15) is 4.79 Å². The molecule has 0 fully saturated rings. The Labute approximate surface area is 171 Å². The summed E-state index contributed by atoms with van der Waals surface area (Å²) >= 11 is 5.34. The van der Waals surface area contributed by atoms with Gasteiger partial charge in [0, 0.05) is 11.3 Å². The predicted octanol–water partition coefficient (Wildman–Crippen LogP) is 4.35. The lowest BCUT2D eigenvalue weighted by Crippen LogP contribution is -2.34. The normalized spacial score (nSPS) is 11.3. The van der Waals surface area contributed by atoms with E-state index in [1.165, 1.54) is 21.3 Å². The number of anilines is 1. The molecule has 0 aromatic heterocycles. The summed E-state index contributed by atoms with van der Waals surface area (Å²) in [6.45, 7) is 4.28. The van der Waals surface area contributed by atoms with Gasteiger partial charge in [-0.15, -0.1) is 0 Å². The Bertz CT molecular complexity index is 829. The largest absolute Gasteiger partial charge is 0.493 e. The van der Waals surface area contributed by atoms with Crippen LogP contribution in [-0.4, -0.2) is 32.3 Å². The van der Waals surface area contributed by atoms with Gasteiger partial charge in [-0.3, -0.25) is 10.1 Å². The monoisotopic (exact) mass is 402 g/mol. The van der Waals surface area contributed by atoms with Gasteiger partial charge in [0.05, 0.1) is 21.3 Å². The molecule has 28 heavy (non-hydrogen) atoms. The summed E-state index contributed by atoms with van der Waals surface area (Å²) in [5.74, 6) is 1.21. The van der Waals surface area contributed by atoms with Crippen LogP contribution in [0.4, 0.5) is 5.69 Å². The fraction of sp³-hybridized carbons (Fsp3) is 0.333. The zero-order valence-electron chi connectivity index (χ0n) is 16.8. The lowest BCUT2D eigenvalue weighted by Gasteiger charge is -2.17. The Kier molecular flexibility index (Phi) is 7.63. The van der Waals surface area contributed by atoms with Crippen LogP contribution in [0.15, 0.2) is 36.4 Å². The number of amides is 1. The van der Waals surface area contributed by atoms with Crippen molar-refractivity contribution in [3.8, 4) is 17.2 Å². The van der Waals surface area contributed by atoms with Gasteiger partial charge < -0.3 is 19.5 Å². The first-order chi connectivity index (χ1) is 13.4. The van der Waals surface area contributed by atoms with E-state index in [0.717, 1.165) is 17.7 Å². The zero-order chi connectivity index (χ0) is 20.7. The molecule has 0 radical (unpaired) electrons. The maximum absolute atomic E-state index is 12.7. The standard InChI is InChI=1S/C21H26N2O4S/c1-6-13(2)15-9-7-8-10-16(15)22-21(28)23-20(24)14-11-17(25-3)19(27-5)18(12-14)26-4/h7-13H,6H2,1-5H3,(H2,22,23,24,28)/t13-/m0/s1. The van der Waals surface area contributed by atoms with E-state index < -0.39 is 0 Å². The molecule has 1 atom stereocenters. The first-order valence-electron chi connectivity index (χ1n) is 8.96. The molecular weight excluding hydrogens is 376 g/mol. The molecule has 2 aromatic carbocycles. The van der Waals surface area contributed by atoms with Crippen LogP contribution in [0.3, 0.4) is 0 Å². The highest BCUT2D eigenvalue weighted by atomic mass is 32.1. The topological polar surface area (TPSA) is 68.8 Å². The van der Waals surface area contributed by atoms with Gasteiger partial charge in [-0.05, 0) is 48.3 Å². The second-order valence-corrected chi connectivity index (χ2v) is 6.63. The van der Waals surface area contributed by atoms with Crippen molar-refractivity contribution in [3.05, 3.63) is 47.5 Å². The van der Waals surface area contributed by atoms with Crippen molar-refractivity contribution >= 4 is 28.9 Å². The number of nitrogens with one attached hydrogen (secondary N) is 2. The van der Waals surface area contributed by atoms with Gasteiger partial charge in [0.15, 0.2) is 16.6 Å². The maximum atomic E-state index is 12.7. The van der Waals surface area contributed by atoms with Crippen molar-refractivity contribution in [1.82, 2.24) is 5.32 Å². The quantitative estimate of drug-likeness (QED) is 0.671. The molecule has 2 N–H and O–H groups in total. The van der Waals surface area contributed by atoms with Gasteiger partial charge in [-0.1, -0.05) is 32.0 Å². The fourth-order valence-electron chi connectivity index (χ4n) is 2.80. The van der Waals surface area contributed by atoms with Gasteiger partial charge >= 0.3 is 0 Å². The number of para-hydroxylation sites is 1. The Hall–Kier alpha value is -2.80. The molecule has 0 saturated carbocycles. The number of rotatable bonds is 7. The van der Waals surface area contributed by atoms with E-state index in [2.05, 4.69) is 30.5 Å². The Balaban J connectivity index is 2.19. The van der Waals surface area contributed by atoms with Crippen LogP contribution in [0.5, 0.6) is 17.2 Å². The summed E-state index contributed by atoms with van der Waals surface area (Å²) in [6, 6.07) is 11.1. The molecular formula is C21H26N2O4S. The third kappa shape index (κ3) is 4.92. The second kappa shape index (κ2) is 9.94. The van der Waals surface area contributed by atoms with Crippen LogP contribution < -0.4 is 24.8 Å². The van der Waals surface area contributed by atoms with Crippen LogP contribution in [0.2, 0.25) is 0 Å². The number of methoxy groups -OCH3 is 3. The average molecular weight is 403 g/mol. The molecule has 7 heteroatoms. The summed E-state index contributed by atoms with van der Waals surface area (Å²) < 4.78 is 15.9. The second-order valence-electron chi connectivity index (χ2n) is 6.22. The maximum Gasteiger partial charge on any atom is 0.257 e. The Morgan fingerprint density at radius 3 is 2.21 bits per heavy atom. The van der Waals surface area contributed by atoms with E-state index in [4.69, 9.17) is 26.4 Å². The molecule has 150 valence electrons. The predicted molar refractivity (Wildman–Crippen MR) is 115 cm³/mol. The van der Waals surface area contributed by atoms with Gasteiger partial charge in [0.2, 0.25) is 5.75 Å². The van der Waals surface area contributed by atoms with Gasteiger partial charge in [0.25, 0.3) is 5.91 Å². The average Bonchev–Trinajstić information content (AvgIpc) is 2.72. The van der Waals surface area contributed by atoms with Crippen LogP contribution in [0.25, 0.3) is 0 Å². The van der Waals surface area contributed by atoms with Crippen molar-refractivity contribution < 1.29 is 19.0 Å². The minimum Gasteiger partial charge on any atom is -0.493 e. The Morgan fingerprint density at radius 2 is 1.68 bits per heavy atom. The van der Waals surface area contributed by atoms with E-state index in [1.54, 1.807) is 12.1 Å². The number of hydrogen-bond acceptors (Lipinski definition) is 5. The van der Waals surface area contributed by atoms with Gasteiger partial charge in [0.1, 0.15) is 0 Å². The highest BCUT2D eigenvalue weighted by molar-refractivity contribution is 7.80. The lowest BCUT2D eigenvalue weighted by molar-refractivity contribution is 0.0977. The summed E-state index contributed by atoms with van der Waals surface area (Å²) in [6.07, 6.45) is 1.00. The first kappa shape index (κ1) is 21.5. The number of carbonyl (C=O) groups is 1. The minimum atomic E-state index is -0.377. The van der Waals surface area contributed by atoms with Gasteiger partial charge in [-0.25, -0.2) is 0 Å². The smallest absolute Gasteiger partial charge is 0.257 e. The highest BCUT2D eigenvalue weighted by Crippen LogP contribution is 2.38. The van der Waals surface area contributed by atoms with Crippen molar-refractivity contribution in [2.24, 2.45) is 0 Å². The van der Waals surface area contributed by atoms with Crippen LogP contribution in [0.1, 0.15) is 42.1 Å². The minimum absolute atomic E-state index is 0.217. The van der Waals surface area contributed by atoms with E-state index >= 15 is 0 Å². The highest BCUT2D eigenvalue weighted by Gasteiger charge is 2.18. The molecule has 0 aliphatic carbocycles. The molecule has 0 unspecified atom stereocenters. The first-order valence-corrected chi connectivity index (χ1v) is 9.37. The van der Waals surface area contributed by atoms with Crippen molar-refractivity contribution in [1.29, 1.82) is 0 Å². The summed E-state index contributed by atoms with van der Waals surface area (Å²) in [5.41, 5.74) is 2.37. The van der Waals surface area contributed by atoms with Crippen molar-refractivity contribution in [2.75, 3.05) is 26.6 Å². The van der Waals surface area contributed by atoms with Crippen LogP contribution >= 0.6 is 12.2 Å². The van der Waals surface area contributed by atoms with Crippen molar-refractivity contribution in [2.45, 2.75) is 26.2 Å². The van der Waals surface area contributed by atoms with Crippen LogP contribution in [0, 0.1) is 0 Å². The summed E-state index contributed by atoms with van der Waals surface area (Å²) in [4.78, 5) is 12.7. The number of thiocarbonyl (C=S) groups is 1. The molecule has 0 heterocycles. The Morgan fingerprint density at radius 1 is 1.07 bits per heavy atom. The fourth-order valence-corrected chi connectivity index (χ4v) is 3.00. The number of benzene rings is 2. The van der Waals surface area contributed by atoms with Crippen LogP contribution in [-0.2, 0) is 0 Å². The molecule has 1 amide bonds. The number of hydrogen-bond donors (Lipinski definition) is 2. The molecule has 2 rings (SSSR count). The third-order valence-corrected chi connectivity index (χ3v) is 4.71. The lowest BCUT2D eigenvalue weighted by atomic mass is 9.97. The van der Waals surface area contributed by atoms with E-state index in [-0.39, 0.29) is 11.0 Å². The van der Waals surface area contributed by atoms with Gasteiger partial charge in [-0.2, -0.15) is 0 Å². The third-order valence-electron chi connectivity index (χ3n) is 4.51. The van der Waals surface area contributed by atoms with Crippen molar-refractivity contribution in [3.63, 3.8) is 0 Å². The molecule has 6 nitrogen and oxygen atoms in total. The molecule has 0 aliphatic rings. The molecule has 0 spiro atoms. The number of carbonyl (C=O) groups excluding carboxylic acids is 1. The van der Waals surface area contributed by atoms with E-state index in [1.807, 2.05) is 18.2 Å². The number of ether oxygens (including phenoxy) is 3. The molecule has 0 aliphatic heterocycles. The van der Waals surface area contributed by atoms with E-state index in [0.29, 0.717) is 28.7 Å².